The zero-order chi connectivity index (χ0) is 21.2. The normalized spacial score (nSPS) is 14.1. The van der Waals surface area contributed by atoms with E-state index in [4.69, 9.17) is 9.97 Å². The number of para-hydroxylation sites is 1. The highest BCUT2D eigenvalue weighted by Crippen LogP contribution is 2.28. The number of amides is 1. The summed E-state index contributed by atoms with van der Waals surface area (Å²) in [7, 11) is 0. The molecule has 154 valence electrons. The van der Waals surface area contributed by atoms with E-state index in [2.05, 4.69) is 9.88 Å². The van der Waals surface area contributed by atoms with Gasteiger partial charge in [0, 0.05) is 55.1 Å². The van der Waals surface area contributed by atoms with E-state index in [0.29, 0.717) is 37.6 Å². The van der Waals surface area contributed by atoms with Gasteiger partial charge in [0.25, 0.3) is 5.91 Å². The lowest BCUT2D eigenvalue weighted by Gasteiger charge is -2.36. The molecule has 1 fully saturated rings. The lowest BCUT2D eigenvalue weighted by molar-refractivity contribution is 0.0746. The van der Waals surface area contributed by atoms with Crippen molar-refractivity contribution in [3.8, 4) is 11.4 Å². The van der Waals surface area contributed by atoms with Crippen LogP contribution in [0.2, 0.25) is 0 Å². The molecule has 0 spiro atoms. The molecule has 0 unspecified atom stereocenters. The maximum Gasteiger partial charge on any atom is 0.253 e. The number of hydrogen-bond donors (Lipinski definition) is 0. The van der Waals surface area contributed by atoms with Crippen LogP contribution in [0.15, 0.2) is 73.1 Å². The van der Waals surface area contributed by atoms with E-state index in [-0.39, 0.29) is 11.7 Å². The molecule has 0 bridgehead atoms. The van der Waals surface area contributed by atoms with E-state index in [1.807, 2.05) is 36.4 Å². The van der Waals surface area contributed by atoms with Crippen LogP contribution in [0.1, 0.15) is 10.4 Å². The predicted molar refractivity (Wildman–Crippen MR) is 117 cm³/mol. The van der Waals surface area contributed by atoms with Gasteiger partial charge < -0.3 is 9.80 Å². The van der Waals surface area contributed by atoms with Gasteiger partial charge in [-0.3, -0.25) is 9.78 Å². The van der Waals surface area contributed by atoms with Crippen molar-refractivity contribution >= 4 is 22.6 Å². The lowest BCUT2D eigenvalue weighted by atomic mass is 10.1. The largest absolute Gasteiger partial charge is 0.352 e. The van der Waals surface area contributed by atoms with E-state index in [1.165, 1.54) is 24.3 Å². The van der Waals surface area contributed by atoms with Crippen molar-refractivity contribution in [3.05, 3.63) is 84.4 Å². The Hall–Kier alpha value is -3.87. The lowest BCUT2D eigenvalue weighted by Crippen LogP contribution is -2.49. The molecule has 0 aliphatic carbocycles. The summed E-state index contributed by atoms with van der Waals surface area (Å²) in [5.74, 6) is 1.06. The number of rotatable bonds is 3. The van der Waals surface area contributed by atoms with Crippen LogP contribution in [0, 0.1) is 5.82 Å². The highest BCUT2D eigenvalue weighted by atomic mass is 19.1. The van der Waals surface area contributed by atoms with Gasteiger partial charge in [-0.05, 0) is 48.5 Å². The van der Waals surface area contributed by atoms with Crippen molar-refractivity contribution in [1.82, 2.24) is 19.9 Å². The topological polar surface area (TPSA) is 62.2 Å². The van der Waals surface area contributed by atoms with Gasteiger partial charge in [-0.25, -0.2) is 14.4 Å². The molecule has 2 aromatic heterocycles. The second kappa shape index (κ2) is 8.10. The zero-order valence-corrected chi connectivity index (χ0v) is 16.8. The molecule has 0 N–H and O–H groups in total. The fraction of sp³-hybridized carbons (Fsp3) is 0.167. The van der Waals surface area contributed by atoms with Gasteiger partial charge in [0.15, 0.2) is 5.82 Å². The van der Waals surface area contributed by atoms with Crippen LogP contribution in [-0.4, -0.2) is 51.9 Å². The van der Waals surface area contributed by atoms with E-state index < -0.39 is 0 Å². The predicted octanol–water partition coefficient (Wildman–Crippen LogP) is 3.79. The summed E-state index contributed by atoms with van der Waals surface area (Å²) in [6.07, 6.45) is 3.48. The smallest absolute Gasteiger partial charge is 0.253 e. The number of hydrogen-bond acceptors (Lipinski definition) is 5. The molecule has 3 heterocycles. The van der Waals surface area contributed by atoms with Gasteiger partial charge in [-0.1, -0.05) is 12.1 Å². The molecule has 31 heavy (non-hydrogen) atoms. The number of benzene rings is 2. The molecular weight excluding hydrogens is 393 g/mol. The van der Waals surface area contributed by atoms with Crippen molar-refractivity contribution in [2.24, 2.45) is 0 Å². The summed E-state index contributed by atoms with van der Waals surface area (Å²) in [5, 5.41) is 0.980. The maximum atomic E-state index is 13.2. The van der Waals surface area contributed by atoms with Crippen LogP contribution < -0.4 is 4.90 Å². The van der Waals surface area contributed by atoms with Gasteiger partial charge in [-0.2, -0.15) is 0 Å². The Kier molecular flexibility index (Phi) is 5.00. The molecule has 7 heteroatoms. The summed E-state index contributed by atoms with van der Waals surface area (Å²) in [6.45, 7) is 2.44. The van der Waals surface area contributed by atoms with Crippen molar-refractivity contribution in [2.45, 2.75) is 0 Å². The number of fused-ring (bicyclic) bond motifs is 1. The number of carbonyl (C=O) groups is 1. The Morgan fingerprint density at radius 2 is 1.65 bits per heavy atom. The number of carbonyl (C=O) groups excluding carboxylic acids is 1. The van der Waals surface area contributed by atoms with Crippen LogP contribution in [0.25, 0.3) is 22.3 Å². The first-order valence-electron chi connectivity index (χ1n) is 10.2. The van der Waals surface area contributed by atoms with Gasteiger partial charge >= 0.3 is 0 Å². The van der Waals surface area contributed by atoms with Crippen LogP contribution in [0.5, 0.6) is 0 Å². The number of aromatic nitrogens is 3. The number of pyridine rings is 1. The number of anilines is 1. The number of piperazine rings is 1. The van der Waals surface area contributed by atoms with Gasteiger partial charge in [-0.15, -0.1) is 0 Å². The number of halogens is 1. The third-order valence-electron chi connectivity index (χ3n) is 5.46. The Labute approximate surface area is 179 Å². The molecule has 6 nitrogen and oxygen atoms in total. The van der Waals surface area contributed by atoms with Gasteiger partial charge in [0.1, 0.15) is 11.6 Å². The minimum absolute atomic E-state index is 0.0803. The Bertz CT molecular complexity index is 1220. The van der Waals surface area contributed by atoms with Crippen LogP contribution >= 0.6 is 0 Å². The molecule has 1 aliphatic rings. The fourth-order valence-electron chi connectivity index (χ4n) is 3.82. The molecule has 4 aromatic rings. The van der Waals surface area contributed by atoms with Gasteiger partial charge in [0.2, 0.25) is 0 Å². The van der Waals surface area contributed by atoms with Crippen molar-refractivity contribution in [1.29, 1.82) is 0 Å². The van der Waals surface area contributed by atoms with E-state index in [0.717, 1.165) is 22.3 Å². The summed E-state index contributed by atoms with van der Waals surface area (Å²) in [4.78, 5) is 30.5. The third-order valence-corrected chi connectivity index (χ3v) is 5.46. The van der Waals surface area contributed by atoms with Crippen molar-refractivity contribution < 1.29 is 9.18 Å². The average molecular weight is 413 g/mol. The minimum Gasteiger partial charge on any atom is -0.352 e. The van der Waals surface area contributed by atoms with E-state index >= 15 is 0 Å². The Morgan fingerprint density at radius 3 is 2.39 bits per heavy atom. The molecule has 0 radical (unpaired) electrons. The second-order valence-electron chi connectivity index (χ2n) is 7.42. The van der Waals surface area contributed by atoms with Gasteiger partial charge in [0.05, 0.1) is 5.52 Å². The molecule has 0 saturated carbocycles. The average Bonchev–Trinajstić information content (AvgIpc) is 2.84. The Morgan fingerprint density at radius 1 is 0.871 bits per heavy atom. The highest BCUT2D eigenvalue weighted by Gasteiger charge is 2.24. The summed E-state index contributed by atoms with van der Waals surface area (Å²) >= 11 is 0. The molecule has 5 rings (SSSR count). The molecule has 0 atom stereocenters. The maximum absolute atomic E-state index is 13.2. The van der Waals surface area contributed by atoms with Crippen molar-refractivity contribution in [2.75, 3.05) is 31.1 Å². The van der Waals surface area contributed by atoms with E-state index in [1.54, 1.807) is 17.3 Å². The third kappa shape index (κ3) is 3.82. The number of nitrogens with zero attached hydrogens (tertiary/aromatic N) is 5. The van der Waals surface area contributed by atoms with Crippen LogP contribution in [0.3, 0.4) is 0 Å². The zero-order valence-electron chi connectivity index (χ0n) is 16.8. The monoisotopic (exact) mass is 413 g/mol. The first kappa shape index (κ1) is 19.1. The first-order valence-corrected chi connectivity index (χ1v) is 10.2. The summed E-state index contributed by atoms with van der Waals surface area (Å²) in [5.41, 5.74) is 2.23. The standard InChI is InChI=1S/C24H20FN5O/c25-19-9-7-17(8-10-19)24(31)30-14-12-29(13-15-30)23-20-5-1-2-6-21(20)27-22(28-23)18-4-3-11-26-16-18/h1-11,16H,12-15H2. The minimum atomic E-state index is -0.346. The highest BCUT2D eigenvalue weighted by molar-refractivity contribution is 5.95. The summed E-state index contributed by atoms with van der Waals surface area (Å²) in [6, 6.07) is 17.5. The van der Waals surface area contributed by atoms with E-state index in [9.17, 15) is 9.18 Å². The fourth-order valence-corrected chi connectivity index (χ4v) is 3.82. The second-order valence-corrected chi connectivity index (χ2v) is 7.42. The molecule has 1 aliphatic heterocycles. The molecule has 2 aromatic carbocycles. The first-order chi connectivity index (χ1) is 15.2. The Balaban J connectivity index is 1.41. The van der Waals surface area contributed by atoms with Crippen LogP contribution in [-0.2, 0) is 0 Å². The quantitative estimate of drug-likeness (QED) is 0.511. The van der Waals surface area contributed by atoms with Crippen molar-refractivity contribution in [3.63, 3.8) is 0 Å². The molecular formula is C24H20FN5O. The summed E-state index contributed by atoms with van der Waals surface area (Å²) < 4.78 is 13.2. The SMILES string of the molecule is O=C(c1ccc(F)cc1)N1CCN(c2nc(-c3cccnc3)nc3ccccc23)CC1. The molecule has 1 amide bonds. The molecule has 1 saturated heterocycles. The van der Waals surface area contributed by atoms with Crippen LogP contribution in [0.4, 0.5) is 10.2 Å².